The Balaban J connectivity index is 0. The van der Waals surface area contributed by atoms with Crippen LogP contribution < -0.4 is 21.7 Å². The molecule has 18 heteroatoms. The molecule has 0 aromatic heterocycles. The summed E-state index contributed by atoms with van der Waals surface area (Å²) in [7, 11) is -9.39. The van der Waals surface area contributed by atoms with E-state index in [9.17, 15) is 36.0 Å². The number of nitrogens with two attached hydrogens (primary N) is 1. The van der Waals surface area contributed by atoms with E-state index in [1.54, 1.807) is 30.3 Å². The second-order valence-corrected chi connectivity index (χ2v) is 9.79. The van der Waals surface area contributed by atoms with Gasteiger partial charge >= 0.3 is 103 Å². The molecule has 0 aliphatic heterocycles. The maximum absolute atomic E-state index is 12.2. The minimum absolute atomic E-state index is 0. The molecule has 0 saturated heterocycles. The zero-order chi connectivity index (χ0) is 25.2. The standard InChI is InChI=1S/C17H24N4O10S2.2K.2H/c18-12(9-32(26,27)28)15(23)21-13(10-33(29,30)31)16(24)19-6-7-20-17(25)14(22)8-11-4-2-1-3-5-11;;;;/h1-5,12-13H,6-10,18H2,(H,19,24)(H,20,25)(H,21,23)(H,26,27,28)(H,29,30,31);;;;/t12-,13-;;;;/m0..../s1. The fourth-order valence-corrected chi connectivity index (χ4v) is 3.68. The summed E-state index contributed by atoms with van der Waals surface area (Å²) < 4.78 is 61.6. The van der Waals surface area contributed by atoms with Crippen molar-refractivity contribution in [2.24, 2.45) is 5.73 Å². The Morgan fingerprint density at radius 2 is 1.34 bits per heavy atom. The Labute approximate surface area is 287 Å². The van der Waals surface area contributed by atoms with Crippen molar-refractivity contribution in [2.75, 3.05) is 24.6 Å². The van der Waals surface area contributed by atoms with Gasteiger partial charge in [-0.2, -0.15) is 16.8 Å². The van der Waals surface area contributed by atoms with Crippen LogP contribution in [0.1, 0.15) is 5.56 Å². The number of carbonyl (C=O) groups excluding carboxylic acids is 4. The summed E-state index contributed by atoms with van der Waals surface area (Å²) in [6.45, 7) is -0.502. The molecule has 0 aliphatic rings. The Bertz CT molecular complexity index is 1090. The molecule has 0 radical (unpaired) electrons. The normalized spacial score (nSPS) is 12.7. The third-order valence-electron chi connectivity index (χ3n) is 3.91. The van der Waals surface area contributed by atoms with E-state index in [-0.39, 0.29) is 122 Å². The number of Topliss-reactive ketones (excluding diaryl/α,β-unsaturated/α-hetero) is 1. The Morgan fingerprint density at radius 1 is 0.829 bits per heavy atom. The van der Waals surface area contributed by atoms with Crippen LogP contribution in [0.25, 0.3) is 0 Å². The molecule has 7 N–H and O–H groups in total. The average molecular weight is 589 g/mol. The van der Waals surface area contributed by atoms with Crippen molar-refractivity contribution < 1.29 is 45.1 Å². The van der Waals surface area contributed by atoms with Crippen LogP contribution in [0.15, 0.2) is 30.3 Å². The van der Waals surface area contributed by atoms with E-state index >= 15 is 0 Å². The summed E-state index contributed by atoms with van der Waals surface area (Å²) in [6, 6.07) is 4.78. The number of ketones is 1. The second kappa shape index (κ2) is 17.8. The molecular weight excluding hydrogens is 563 g/mol. The zero-order valence-electron chi connectivity index (χ0n) is 17.1. The van der Waals surface area contributed by atoms with Gasteiger partial charge in [0.25, 0.3) is 26.1 Å². The van der Waals surface area contributed by atoms with Gasteiger partial charge in [-0.05, 0) is 5.56 Å². The Kier molecular flexibility index (Phi) is 19.1. The summed E-state index contributed by atoms with van der Waals surface area (Å²) in [6.07, 6.45) is -0.134. The van der Waals surface area contributed by atoms with Crippen LogP contribution in [0.5, 0.6) is 0 Å². The van der Waals surface area contributed by atoms with E-state index in [0.717, 1.165) is 0 Å². The molecule has 0 bridgehead atoms. The van der Waals surface area contributed by atoms with E-state index in [0.29, 0.717) is 5.56 Å². The van der Waals surface area contributed by atoms with E-state index in [4.69, 9.17) is 14.8 Å². The topological polar surface area (TPSA) is 239 Å². The van der Waals surface area contributed by atoms with E-state index in [2.05, 4.69) is 10.6 Å². The predicted molar refractivity (Wildman–Crippen MR) is 128 cm³/mol. The average Bonchev–Trinajstić information content (AvgIpc) is 2.68. The van der Waals surface area contributed by atoms with Crippen LogP contribution in [0.4, 0.5) is 0 Å². The first kappa shape index (κ1) is 37.5. The summed E-state index contributed by atoms with van der Waals surface area (Å²) >= 11 is 0. The Morgan fingerprint density at radius 3 is 1.86 bits per heavy atom. The zero-order valence-corrected chi connectivity index (χ0v) is 18.8. The van der Waals surface area contributed by atoms with Gasteiger partial charge in [-0.3, -0.25) is 28.3 Å². The van der Waals surface area contributed by atoms with Crippen LogP contribution >= 0.6 is 0 Å². The van der Waals surface area contributed by atoms with Crippen LogP contribution in [0.3, 0.4) is 0 Å². The summed E-state index contributed by atoms with van der Waals surface area (Å²) in [5, 5.41) is 6.29. The summed E-state index contributed by atoms with van der Waals surface area (Å²) in [5.74, 6) is -6.47. The molecule has 3 amide bonds. The minimum atomic E-state index is -4.76. The van der Waals surface area contributed by atoms with Crippen LogP contribution in [0, 0.1) is 0 Å². The molecule has 1 aromatic carbocycles. The fraction of sp³-hybridized carbons (Fsp3) is 0.412. The van der Waals surface area contributed by atoms with Crippen molar-refractivity contribution in [1.82, 2.24) is 16.0 Å². The molecule has 188 valence electrons. The van der Waals surface area contributed by atoms with Crippen molar-refractivity contribution in [3.05, 3.63) is 35.9 Å². The molecule has 1 rings (SSSR count). The maximum atomic E-state index is 12.2. The number of benzene rings is 1. The third-order valence-corrected chi connectivity index (χ3v) is 5.44. The number of hydrogen-bond acceptors (Lipinski definition) is 9. The predicted octanol–water partition coefficient (Wildman–Crippen LogP) is -4.68. The molecule has 0 spiro atoms. The number of hydrogen-bond donors (Lipinski definition) is 6. The van der Waals surface area contributed by atoms with Gasteiger partial charge in [0.1, 0.15) is 17.8 Å². The second-order valence-electron chi connectivity index (χ2n) is 6.80. The fourth-order valence-electron chi connectivity index (χ4n) is 2.42. The Hall–Kier alpha value is 0.353. The van der Waals surface area contributed by atoms with Gasteiger partial charge in [0.15, 0.2) is 0 Å². The van der Waals surface area contributed by atoms with Crippen LogP contribution in [-0.2, 0) is 45.8 Å². The number of amides is 3. The molecule has 0 fully saturated rings. The molecule has 0 saturated carbocycles. The first-order chi connectivity index (χ1) is 15.2. The van der Waals surface area contributed by atoms with Gasteiger partial charge in [-0.15, -0.1) is 0 Å². The van der Waals surface area contributed by atoms with Gasteiger partial charge in [0.05, 0.1) is 5.75 Å². The quantitative estimate of drug-likeness (QED) is 0.0554. The molecule has 0 unspecified atom stereocenters. The third kappa shape index (κ3) is 17.5. The van der Waals surface area contributed by atoms with Gasteiger partial charge in [0, 0.05) is 19.5 Å². The molecule has 2 atom stereocenters. The van der Waals surface area contributed by atoms with Gasteiger partial charge in [-0.1, -0.05) is 30.3 Å². The molecule has 14 nitrogen and oxygen atoms in total. The number of rotatable bonds is 13. The van der Waals surface area contributed by atoms with E-state index in [1.165, 1.54) is 0 Å². The summed E-state index contributed by atoms with van der Waals surface area (Å²) in [4.78, 5) is 47.8. The van der Waals surface area contributed by atoms with Gasteiger partial charge < -0.3 is 21.7 Å². The van der Waals surface area contributed by atoms with Crippen LogP contribution in [-0.4, -0.2) is 189 Å². The molecule has 0 heterocycles. The van der Waals surface area contributed by atoms with Gasteiger partial charge in [0.2, 0.25) is 17.6 Å². The monoisotopic (exact) mass is 588 g/mol. The number of nitrogens with one attached hydrogen (secondary N) is 3. The van der Waals surface area contributed by atoms with Crippen LogP contribution in [0.2, 0.25) is 0 Å². The molecular formula is C17H26K2N4O10S2. The molecule has 0 aliphatic carbocycles. The molecule has 35 heavy (non-hydrogen) atoms. The van der Waals surface area contributed by atoms with Crippen molar-refractivity contribution in [3.8, 4) is 0 Å². The van der Waals surface area contributed by atoms with Crippen molar-refractivity contribution in [1.29, 1.82) is 0 Å². The first-order valence-electron chi connectivity index (χ1n) is 9.27. The van der Waals surface area contributed by atoms with Crippen molar-refractivity contribution in [3.63, 3.8) is 0 Å². The summed E-state index contributed by atoms with van der Waals surface area (Å²) in [5.41, 5.74) is 5.91. The van der Waals surface area contributed by atoms with Gasteiger partial charge in [-0.25, -0.2) is 0 Å². The van der Waals surface area contributed by atoms with E-state index in [1.807, 2.05) is 5.32 Å². The first-order valence-corrected chi connectivity index (χ1v) is 12.5. The molecule has 1 aromatic rings. The van der Waals surface area contributed by atoms with Crippen molar-refractivity contribution >= 4 is 147 Å². The van der Waals surface area contributed by atoms with Crippen molar-refractivity contribution in [2.45, 2.75) is 18.5 Å². The van der Waals surface area contributed by atoms with E-state index < -0.39 is 67.3 Å². The SMILES string of the molecule is N[C@@H](CS(=O)(=O)O)C(=O)N[C@@H](CS(=O)(=O)O)C(=O)NCCNC(=O)C(=O)Cc1ccccc1.[KH].[KH]. The number of carbonyl (C=O) groups is 4.